The van der Waals surface area contributed by atoms with Crippen LogP contribution in [0.2, 0.25) is 0 Å². The van der Waals surface area contributed by atoms with Crippen LogP contribution in [0.3, 0.4) is 0 Å². The molecule has 0 atom stereocenters. The molecule has 0 aromatic rings. The summed E-state index contributed by atoms with van der Waals surface area (Å²) in [7, 11) is 0. The second-order valence-electron chi connectivity index (χ2n) is 4.96. The summed E-state index contributed by atoms with van der Waals surface area (Å²) in [6.45, 7) is 6.61. The molecule has 1 N–H and O–H groups in total. The Hall–Kier alpha value is -0.830. The van der Waals surface area contributed by atoms with Crippen molar-refractivity contribution in [2.45, 2.75) is 38.1 Å². The van der Waals surface area contributed by atoms with Crippen molar-refractivity contribution in [1.29, 1.82) is 0 Å². The van der Waals surface area contributed by atoms with Crippen molar-refractivity contribution in [3.8, 4) is 0 Å². The van der Waals surface area contributed by atoms with E-state index in [0.29, 0.717) is 17.9 Å². The first kappa shape index (κ1) is 11.6. The van der Waals surface area contributed by atoms with E-state index in [0.717, 1.165) is 38.9 Å². The molecule has 3 heteroatoms. The summed E-state index contributed by atoms with van der Waals surface area (Å²) in [6, 6.07) is 0.521. The van der Waals surface area contributed by atoms with Crippen molar-refractivity contribution < 1.29 is 4.79 Å². The Bertz CT molecular complexity index is 255. The highest BCUT2D eigenvalue weighted by Gasteiger charge is 2.32. The van der Waals surface area contributed by atoms with Crippen molar-refractivity contribution in [3.63, 3.8) is 0 Å². The third kappa shape index (κ3) is 3.08. The molecule has 0 aromatic heterocycles. The quantitative estimate of drug-likeness (QED) is 0.716. The first-order valence-corrected chi connectivity index (χ1v) is 6.42. The molecule has 1 heterocycles. The minimum absolute atomic E-state index is 0.342. The maximum Gasteiger partial charge on any atom is 0.223 e. The van der Waals surface area contributed by atoms with Gasteiger partial charge in [0.25, 0.3) is 0 Å². The lowest BCUT2D eigenvalue weighted by molar-refractivity contribution is -0.132. The van der Waals surface area contributed by atoms with E-state index in [4.69, 9.17) is 0 Å². The van der Waals surface area contributed by atoms with E-state index < -0.39 is 0 Å². The van der Waals surface area contributed by atoms with Crippen LogP contribution in [0.5, 0.6) is 0 Å². The van der Waals surface area contributed by atoms with Gasteiger partial charge in [-0.05, 0) is 44.7 Å². The number of hydrogen-bond acceptors (Lipinski definition) is 2. The molecule has 0 aromatic carbocycles. The Morgan fingerprint density at radius 2 is 2.00 bits per heavy atom. The minimum atomic E-state index is 0.342. The first-order chi connectivity index (χ1) is 7.81. The highest BCUT2D eigenvalue weighted by Crippen LogP contribution is 2.28. The topological polar surface area (TPSA) is 32.3 Å². The van der Waals surface area contributed by atoms with Gasteiger partial charge in [0.1, 0.15) is 0 Å². The number of carbonyl (C=O) groups excluding carboxylic acids is 1. The first-order valence-electron chi connectivity index (χ1n) is 6.42. The summed E-state index contributed by atoms with van der Waals surface area (Å²) in [5.41, 5.74) is 0. The van der Waals surface area contributed by atoms with Gasteiger partial charge in [0.2, 0.25) is 5.91 Å². The monoisotopic (exact) mass is 222 g/mol. The highest BCUT2D eigenvalue weighted by atomic mass is 16.2. The number of nitrogens with one attached hydrogen (secondary N) is 1. The van der Waals surface area contributed by atoms with Gasteiger partial charge in [-0.25, -0.2) is 0 Å². The summed E-state index contributed by atoms with van der Waals surface area (Å²) >= 11 is 0. The van der Waals surface area contributed by atoms with Crippen molar-refractivity contribution in [2.75, 3.05) is 19.6 Å². The largest absolute Gasteiger partial charge is 0.336 e. The summed E-state index contributed by atoms with van der Waals surface area (Å²) < 4.78 is 0. The second-order valence-corrected chi connectivity index (χ2v) is 4.96. The van der Waals surface area contributed by atoms with Crippen molar-refractivity contribution in [2.24, 2.45) is 5.92 Å². The Kier molecular flexibility index (Phi) is 3.99. The number of carbonyl (C=O) groups is 1. The van der Waals surface area contributed by atoms with Gasteiger partial charge < -0.3 is 10.2 Å². The molecule has 1 amide bonds. The number of piperidine rings is 1. The second kappa shape index (κ2) is 5.48. The SMILES string of the molecule is C=CCN(C(=O)CC1CCNCC1)C1CC1. The predicted molar refractivity (Wildman–Crippen MR) is 65.1 cm³/mol. The third-order valence-corrected chi connectivity index (χ3v) is 3.56. The van der Waals surface area contributed by atoms with Crippen LogP contribution in [-0.4, -0.2) is 36.5 Å². The Morgan fingerprint density at radius 3 is 2.56 bits per heavy atom. The molecule has 2 aliphatic rings. The fourth-order valence-corrected chi connectivity index (χ4v) is 2.43. The molecule has 2 rings (SSSR count). The lowest BCUT2D eigenvalue weighted by atomic mass is 9.94. The molecule has 0 bridgehead atoms. The van der Waals surface area contributed by atoms with E-state index in [2.05, 4.69) is 11.9 Å². The summed E-state index contributed by atoms with van der Waals surface area (Å²) in [5, 5.41) is 3.34. The van der Waals surface area contributed by atoms with Crippen molar-refractivity contribution in [3.05, 3.63) is 12.7 Å². The van der Waals surface area contributed by atoms with E-state index in [9.17, 15) is 4.79 Å². The lowest BCUT2D eigenvalue weighted by Gasteiger charge is -2.26. The van der Waals surface area contributed by atoms with Gasteiger partial charge in [-0.15, -0.1) is 6.58 Å². The van der Waals surface area contributed by atoms with Gasteiger partial charge >= 0.3 is 0 Å². The number of amides is 1. The average Bonchev–Trinajstić information content (AvgIpc) is 3.11. The Labute approximate surface area is 97.9 Å². The molecule has 0 spiro atoms. The summed E-state index contributed by atoms with van der Waals surface area (Å²) in [4.78, 5) is 14.2. The normalized spacial score (nSPS) is 21.8. The van der Waals surface area contributed by atoms with Gasteiger partial charge in [-0.3, -0.25) is 4.79 Å². The molecule has 0 unspecified atom stereocenters. The van der Waals surface area contributed by atoms with Crippen LogP contribution in [0.1, 0.15) is 32.1 Å². The van der Waals surface area contributed by atoms with Gasteiger partial charge in [0.05, 0.1) is 0 Å². The van der Waals surface area contributed by atoms with E-state index >= 15 is 0 Å². The Balaban J connectivity index is 1.81. The third-order valence-electron chi connectivity index (χ3n) is 3.56. The summed E-state index contributed by atoms with van der Waals surface area (Å²) in [5.74, 6) is 0.939. The van der Waals surface area contributed by atoms with Gasteiger partial charge in [-0.1, -0.05) is 6.08 Å². The maximum absolute atomic E-state index is 12.1. The predicted octanol–water partition coefficient (Wildman–Crippen LogP) is 1.55. The molecule has 90 valence electrons. The van der Waals surface area contributed by atoms with Crippen LogP contribution >= 0.6 is 0 Å². The zero-order valence-electron chi connectivity index (χ0n) is 9.95. The molecule has 1 aliphatic carbocycles. The fraction of sp³-hybridized carbons (Fsp3) is 0.769. The molecule has 2 fully saturated rings. The van der Waals surface area contributed by atoms with Crippen LogP contribution < -0.4 is 5.32 Å². The molecular formula is C13H22N2O. The van der Waals surface area contributed by atoms with Crippen molar-refractivity contribution in [1.82, 2.24) is 10.2 Å². The fourth-order valence-electron chi connectivity index (χ4n) is 2.43. The van der Waals surface area contributed by atoms with Gasteiger partial charge in [0, 0.05) is 19.0 Å². The van der Waals surface area contributed by atoms with Gasteiger partial charge in [-0.2, -0.15) is 0 Å². The van der Waals surface area contributed by atoms with Crippen LogP contribution in [-0.2, 0) is 4.79 Å². The average molecular weight is 222 g/mol. The van der Waals surface area contributed by atoms with E-state index in [1.54, 1.807) is 0 Å². The minimum Gasteiger partial charge on any atom is -0.336 e. The standard InChI is InChI=1S/C13H22N2O/c1-2-9-15(12-3-4-12)13(16)10-11-5-7-14-8-6-11/h2,11-12,14H,1,3-10H2. The van der Waals surface area contributed by atoms with E-state index in [1.165, 1.54) is 12.8 Å². The van der Waals surface area contributed by atoms with E-state index in [-0.39, 0.29) is 0 Å². The molecule has 0 radical (unpaired) electrons. The van der Waals surface area contributed by atoms with Crippen LogP contribution in [0, 0.1) is 5.92 Å². The molecule has 16 heavy (non-hydrogen) atoms. The molecule has 1 saturated carbocycles. The van der Waals surface area contributed by atoms with Crippen molar-refractivity contribution >= 4 is 5.91 Å². The number of rotatable bonds is 5. The zero-order chi connectivity index (χ0) is 11.4. The molecule has 1 aliphatic heterocycles. The zero-order valence-corrected chi connectivity index (χ0v) is 9.95. The highest BCUT2D eigenvalue weighted by molar-refractivity contribution is 5.77. The maximum atomic E-state index is 12.1. The number of nitrogens with zero attached hydrogens (tertiary/aromatic N) is 1. The van der Waals surface area contributed by atoms with Crippen LogP contribution in [0.25, 0.3) is 0 Å². The molecule has 3 nitrogen and oxygen atoms in total. The lowest BCUT2D eigenvalue weighted by Crippen LogP contribution is -2.36. The van der Waals surface area contributed by atoms with Crippen LogP contribution in [0.15, 0.2) is 12.7 Å². The van der Waals surface area contributed by atoms with E-state index in [1.807, 2.05) is 11.0 Å². The number of hydrogen-bond donors (Lipinski definition) is 1. The van der Waals surface area contributed by atoms with Crippen LogP contribution in [0.4, 0.5) is 0 Å². The smallest absolute Gasteiger partial charge is 0.223 e. The Morgan fingerprint density at radius 1 is 1.31 bits per heavy atom. The molecule has 1 saturated heterocycles. The molecular weight excluding hydrogens is 200 g/mol. The summed E-state index contributed by atoms with van der Waals surface area (Å²) in [6.07, 6.45) is 7.26. The van der Waals surface area contributed by atoms with Gasteiger partial charge in [0.15, 0.2) is 0 Å².